The summed E-state index contributed by atoms with van der Waals surface area (Å²) < 4.78 is 2.63. The summed E-state index contributed by atoms with van der Waals surface area (Å²) in [6, 6.07) is 9.03. The number of likely N-dealkylation sites (tertiary alicyclic amines) is 1. The quantitative estimate of drug-likeness (QED) is 0.825. The Kier molecular flexibility index (Phi) is 3.27. The van der Waals surface area contributed by atoms with E-state index in [9.17, 15) is 0 Å². The van der Waals surface area contributed by atoms with Crippen LogP contribution in [0.4, 0.5) is 0 Å². The van der Waals surface area contributed by atoms with Gasteiger partial charge in [0.1, 0.15) is 0 Å². The summed E-state index contributed by atoms with van der Waals surface area (Å²) in [7, 11) is 0. The Morgan fingerprint density at radius 2 is 1.65 bits per heavy atom. The fraction of sp³-hybridized carbons (Fsp3) is 0.556. The molecule has 0 bridgehead atoms. The molecule has 0 amide bonds. The fourth-order valence-electron chi connectivity index (χ4n) is 4.09. The van der Waals surface area contributed by atoms with Crippen LogP contribution < -0.4 is 0 Å². The van der Waals surface area contributed by atoms with E-state index >= 15 is 0 Å². The zero-order chi connectivity index (χ0) is 13.4. The Balaban J connectivity index is 1.69. The van der Waals surface area contributed by atoms with Crippen molar-refractivity contribution in [2.45, 2.75) is 45.1 Å². The van der Waals surface area contributed by atoms with E-state index in [0.29, 0.717) is 0 Å². The normalized spacial score (nSPS) is 19.6. The zero-order valence-corrected chi connectivity index (χ0v) is 12.3. The SMILES string of the molecule is c1ccc2c(c1)c1c(n2CCN2CCCC2)CCCC1. The van der Waals surface area contributed by atoms with E-state index < -0.39 is 0 Å². The number of para-hydroxylation sites is 1. The molecule has 106 valence electrons. The minimum atomic E-state index is 1.18. The van der Waals surface area contributed by atoms with Crippen LogP contribution in [0.15, 0.2) is 24.3 Å². The zero-order valence-electron chi connectivity index (χ0n) is 12.3. The van der Waals surface area contributed by atoms with Gasteiger partial charge in [-0.2, -0.15) is 0 Å². The van der Waals surface area contributed by atoms with Gasteiger partial charge in [-0.25, -0.2) is 0 Å². The maximum absolute atomic E-state index is 2.63. The third kappa shape index (κ3) is 2.07. The highest BCUT2D eigenvalue weighted by molar-refractivity contribution is 5.85. The largest absolute Gasteiger partial charge is 0.343 e. The maximum atomic E-state index is 2.63. The van der Waals surface area contributed by atoms with Gasteiger partial charge in [-0.1, -0.05) is 18.2 Å². The van der Waals surface area contributed by atoms with Crippen molar-refractivity contribution >= 4 is 10.9 Å². The molecule has 0 atom stereocenters. The lowest BCUT2D eigenvalue weighted by Crippen LogP contribution is -2.25. The molecule has 2 nitrogen and oxygen atoms in total. The monoisotopic (exact) mass is 268 g/mol. The number of aromatic nitrogens is 1. The second-order valence-corrected chi connectivity index (χ2v) is 6.35. The van der Waals surface area contributed by atoms with Crippen molar-refractivity contribution in [3.8, 4) is 0 Å². The number of nitrogens with zero attached hydrogens (tertiary/aromatic N) is 2. The molecule has 4 rings (SSSR count). The molecule has 1 aliphatic carbocycles. The molecule has 2 heteroatoms. The van der Waals surface area contributed by atoms with Crippen molar-refractivity contribution in [3.05, 3.63) is 35.5 Å². The molecule has 20 heavy (non-hydrogen) atoms. The minimum absolute atomic E-state index is 1.18. The summed E-state index contributed by atoms with van der Waals surface area (Å²) in [5.41, 5.74) is 4.75. The molecule has 1 aliphatic heterocycles. The predicted octanol–water partition coefficient (Wildman–Crippen LogP) is 3.62. The molecule has 0 saturated carbocycles. The average molecular weight is 268 g/mol. The molecule has 1 fully saturated rings. The molecule has 1 aromatic heterocycles. The highest BCUT2D eigenvalue weighted by atomic mass is 15.2. The Bertz CT molecular complexity index is 605. The van der Waals surface area contributed by atoms with E-state index in [-0.39, 0.29) is 0 Å². The first-order valence-corrected chi connectivity index (χ1v) is 8.25. The lowest BCUT2D eigenvalue weighted by molar-refractivity contribution is 0.322. The van der Waals surface area contributed by atoms with E-state index in [2.05, 4.69) is 33.7 Å². The van der Waals surface area contributed by atoms with Crippen LogP contribution in [0.1, 0.15) is 36.9 Å². The molecule has 0 radical (unpaired) electrons. The lowest BCUT2D eigenvalue weighted by atomic mass is 9.96. The fourth-order valence-corrected chi connectivity index (χ4v) is 4.09. The van der Waals surface area contributed by atoms with Gasteiger partial charge in [-0.05, 0) is 63.2 Å². The van der Waals surface area contributed by atoms with Crippen LogP contribution in [0.5, 0.6) is 0 Å². The van der Waals surface area contributed by atoms with Gasteiger partial charge >= 0.3 is 0 Å². The van der Waals surface area contributed by atoms with E-state index in [1.54, 1.807) is 11.3 Å². The van der Waals surface area contributed by atoms with Gasteiger partial charge in [0.05, 0.1) is 0 Å². The Labute approximate surface area is 121 Å². The summed E-state index contributed by atoms with van der Waals surface area (Å²) in [4.78, 5) is 2.63. The third-order valence-electron chi connectivity index (χ3n) is 5.12. The lowest BCUT2D eigenvalue weighted by Gasteiger charge is -2.19. The predicted molar refractivity (Wildman–Crippen MR) is 84.3 cm³/mol. The van der Waals surface area contributed by atoms with Crippen LogP contribution in [-0.2, 0) is 19.4 Å². The highest BCUT2D eigenvalue weighted by Gasteiger charge is 2.20. The van der Waals surface area contributed by atoms with Gasteiger partial charge in [0.25, 0.3) is 0 Å². The van der Waals surface area contributed by atoms with Crippen molar-refractivity contribution in [2.24, 2.45) is 0 Å². The van der Waals surface area contributed by atoms with Crippen LogP contribution in [0.2, 0.25) is 0 Å². The molecule has 2 aliphatic rings. The summed E-state index contributed by atoms with van der Waals surface area (Å²) in [6.45, 7) is 5.02. The molecule has 1 aromatic carbocycles. The van der Waals surface area contributed by atoms with Gasteiger partial charge in [0.2, 0.25) is 0 Å². The van der Waals surface area contributed by atoms with Crippen molar-refractivity contribution in [3.63, 3.8) is 0 Å². The third-order valence-corrected chi connectivity index (χ3v) is 5.12. The number of aryl methyl sites for hydroxylation is 1. The molecule has 2 aromatic rings. The first kappa shape index (κ1) is 12.5. The summed E-state index contributed by atoms with van der Waals surface area (Å²) in [5.74, 6) is 0. The second kappa shape index (κ2) is 5.25. The van der Waals surface area contributed by atoms with Crippen molar-refractivity contribution < 1.29 is 0 Å². The second-order valence-electron chi connectivity index (χ2n) is 6.35. The minimum Gasteiger partial charge on any atom is -0.343 e. The first-order valence-electron chi connectivity index (χ1n) is 8.25. The van der Waals surface area contributed by atoms with Gasteiger partial charge in [-0.15, -0.1) is 0 Å². The number of hydrogen-bond acceptors (Lipinski definition) is 1. The van der Waals surface area contributed by atoms with Gasteiger partial charge in [0.15, 0.2) is 0 Å². The molecule has 0 N–H and O–H groups in total. The van der Waals surface area contributed by atoms with Gasteiger partial charge in [0, 0.05) is 29.7 Å². The van der Waals surface area contributed by atoms with Crippen LogP contribution in [0.3, 0.4) is 0 Å². The van der Waals surface area contributed by atoms with Crippen molar-refractivity contribution in [1.82, 2.24) is 9.47 Å². The maximum Gasteiger partial charge on any atom is 0.0485 e. The van der Waals surface area contributed by atoms with Gasteiger partial charge < -0.3 is 9.47 Å². The van der Waals surface area contributed by atoms with Crippen molar-refractivity contribution in [2.75, 3.05) is 19.6 Å². The van der Waals surface area contributed by atoms with E-state index in [0.717, 1.165) is 0 Å². The smallest absolute Gasteiger partial charge is 0.0485 e. The summed E-state index contributed by atoms with van der Waals surface area (Å²) in [6.07, 6.45) is 8.09. The summed E-state index contributed by atoms with van der Waals surface area (Å²) >= 11 is 0. The molecular weight excluding hydrogens is 244 g/mol. The Morgan fingerprint density at radius 3 is 2.55 bits per heavy atom. The first-order chi connectivity index (χ1) is 9.93. The highest BCUT2D eigenvalue weighted by Crippen LogP contribution is 2.32. The molecule has 0 spiro atoms. The van der Waals surface area contributed by atoms with Crippen LogP contribution in [0.25, 0.3) is 10.9 Å². The number of rotatable bonds is 3. The number of fused-ring (bicyclic) bond motifs is 3. The van der Waals surface area contributed by atoms with Crippen LogP contribution >= 0.6 is 0 Å². The van der Waals surface area contributed by atoms with E-state index in [1.807, 2.05) is 0 Å². The molecule has 0 unspecified atom stereocenters. The summed E-state index contributed by atoms with van der Waals surface area (Å²) in [5, 5.41) is 1.52. The van der Waals surface area contributed by atoms with Crippen molar-refractivity contribution in [1.29, 1.82) is 0 Å². The standard InChI is InChI=1S/C18H24N2/c1-3-9-17-15(7-1)16-8-2-4-10-18(16)20(17)14-13-19-11-5-6-12-19/h1,3,7,9H,2,4-6,8,10-14H2. The number of hydrogen-bond donors (Lipinski definition) is 0. The van der Waals surface area contributed by atoms with Crippen LogP contribution in [-0.4, -0.2) is 29.1 Å². The topological polar surface area (TPSA) is 8.17 Å². The Hall–Kier alpha value is -1.28. The van der Waals surface area contributed by atoms with E-state index in [4.69, 9.17) is 0 Å². The molecular formula is C18H24N2. The van der Waals surface area contributed by atoms with E-state index in [1.165, 1.54) is 75.6 Å². The number of benzene rings is 1. The molecule has 1 saturated heterocycles. The van der Waals surface area contributed by atoms with Crippen LogP contribution in [0, 0.1) is 0 Å². The van der Waals surface area contributed by atoms with Gasteiger partial charge in [-0.3, -0.25) is 0 Å². The Morgan fingerprint density at radius 1 is 0.850 bits per heavy atom. The average Bonchev–Trinajstić information content (AvgIpc) is 3.11. The molecule has 2 heterocycles.